The number of aliphatic carboxylic acids is 1. The van der Waals surface area contributed by atoms with Gasteiger partial charge in [-0.05, 0) is 31.7 Å². The quantitative estimate of drug-likeness (QED) is 0.769. The molecule has 132 valence electrons. The number of ether oxygens (including phenoxy) is 1. The Morgan fingerprint density at radius 1 is 1.29 bits per heavy atom. The molecule has 0 aliphatic carbocycles. The normalized spacial score (nSPS) is 16.8. The molecule has 24 heavy (non-hydrogen) atoms. The number of anilines is 1. The second-order valence-corrected chi connectivity index (χ2v) is 6.06. The van der Waals surface area contributed by atoms with Gasteiger partial charge in [-0.15, -0.1) is 0 Å². The minimum atomic E-state index is -0.947. The predicted molar refractivity (Wildman–Crippen MR) is 90.9 cm³/mol. The van der Waals surface area contributed by atoms with E-state index in [1.54, 1.807) is 14.0 Å². The highest BCUT2D eigenvalue weighted by molar-refractivity contribution is 5.92. The van der Waals surface area contributed by atoms with Gasteiger partial charge in [-0.3, -0.25) is 19.4 Å². The van der Waals surface area contributed by atoms with Crippen molar-refractivity contribution in [1.82, 2.24) is 9.80 Å². The Morgan fingerprint density at radius 2 is 1.92 bits per heavy atom. The van der Waals surface area contributed by atoms with E-state index in [4.69, 9.17) is 9.84 Å². The van der Waals surface area contributed by atoms with Gasteiger partial charge in [0.1, 0.15) is 6.04 Å². The fourth-order valence-corrected chi connectivity index (χ4v) is 2.46. The number of amides is 1. The van der Waals surface area contributed by atoms with Crippen LogP contribution in [0.1, 0.15) is 12.5 Å². The molecule has 2 N–H and O–H groups in total. The molecule has 7 nitrogen and oxygen atoms in total. The van der Waals surface area contributed by atoms with Crippen molar-refractivity contribution >= 4 is 17.6 Å². The maximum absolute atomic E-state index is 12.0. The fourth-order valence-electron chi connectivity index (χ4n) is 2.46. The van der Waals surface area contributed by atoms with Crippen LogP contribution in [0.2, 0.25) is 0 Å². The molecule has 0 saturated carbocycles. The van der Waals surface area contributed by atoms with E-state index < -0.39 is 12.0 Å². The molecule has 1 atom stereocenters. The number of nitrogens with zero attached hydrogens (tertiary/aromatic N) is 2. The van der Waals surface area contributed by atoms with Crippen molar-refractivity contribution in [2.45, 2.75) is 19.5 Å². The van der Waals surface area contributed by atoms with Gasteiger partial charge in [0.2, 0.25) is 5.91 Å². The van der Waals surface area contributed by atoms with Gasteiger partial charge in [0, 0.05) is 25.3 Å². The summed E-state index contributed by atoms with van der Waals surface area (Å²) in [7, 11) is 1.61. The van der Waals surface area contributed by atoms with E-state index in [-0.39, 0.29) is 12.5 Å². The van der Waals surface area contributed by atoms with Crippen molar-refractivity contribution < 1.29 is 19.4 Å². The van der Waals surface area contributed by atoms with Crippen LogP contribution in [0.3, 0.4) is 0 Å². The van der Waals surface area contributed by atoms with Gasteiger partial charge in [0.05, 0.1) is 19.8 Å². The number of carboxylic acid groups (broad SMARTS) is 1. The van der Waals surface area contributed by atoms with Crippen LogP contribution in [-0.2, 0) is 20.9 Å². The van der Waals surface area contributed by atoms with Crippen LogP contribution < -0.4 is 5.32 Å². The number of benzene rings is 1. The summed E-state index contributed by atoms with van der Waals surface area (Å²) in [6, 6.07) is 7.03. The SMILES string of the molecule is CC(C(=O)O)N(C)CC(=O)Nc1ccc(CN2CCOCC2)cc1. The molecule has 1 heterocycles. The van der Waals surface area contributed by atoms with Gasteiger partial charge in [0.15, 0.2) is 0 Å². The van der Waals surface area contributed by atoms with Gasteiger partial charge in [-0.2, -0.15) is 0 Å². The molecule has 1 fully saturated rings. The minimum Gasteiger partial charge on any atom is -0.480 e. The summed E-state index contributed by atoms with van der Waals surface area (Å²) < 4.78 is 5.33. The molecule has 1 saturated heterocycles. The summed E-state index contributed by atoms with van der Waals surface area (Å²) in [6.45, 7) is 5.88. The lowest BCUT2D eigenvalue weighted by molar-refractivity contribution is -0.142. The molecule has 1 aromatic carbocycles. The van der Waals surface area contributed by atoms with E-state index in [2.05, 4.69) is 10.2 Å². The van der Waals surface area contributed by atoms with Crippen molar-refractivity contribution in [1.29, 1.82) is 0 Å². The van der Waals surface area contributed by atoms with Gasteiger partial charge in [-0.1, -0.05) is 12.1 Å². The Morgan fingerprint density at radius 3 is 2.50 bits per heavy atom. The number of hydrogen-bond acceptors (Lipinski definition) is 5. The Hall–Kier alpha value is -1.96. The summed E-state index contributed by atoms with van der Waals surface area (Å²) in [4.78, 5) is 26.7. The molecule has 0 bridgehead atoms. The largest absolute Gasteiger partial charge is 0.480 e. The van der Waals surface area contributed by atoms with Gasteiger partial charge in [0.25, 0.3) is 0 Å². The number of carbonyl (C=O) groups excluding carboxylic acids is 1. The lowest BCUT2D eigenvalue weighted by Crippen LogP contribution is -2.40. The fraction of sp³-hybridized carbons (Fsp3) is 0.529. The Kier molecular flexibility index (Phi) is 6.72. The summed E-state index contributed by atoms with van der Waals surface area (Å²) in [5.74, 6) is -1.18. The van der Waals surface area contributed by atoms with Crippen molar-refractivity contribution in [3.05, 3.63) is 29.8 Å². The second-order valence-electron chi connectivity index (χ2n) is 6.06. The Bertz CT molecular complexity index is 555. The molecule has 0 spiro atoms. The number of carboxylic acids is 1. The molecule has 1 unspecified atom stereocenters. The van der Waals surface area contributed by atoms with Crippen LogP contribution in [0.25, 0.3) is 0 Å². The maximum Gasteiger partial charge on any atom is 0.320 e. The predicted octanol–water partition coefficient (Wildman–Crippen LogP) is 0.862. The first-order valence-corrected chi connectivity index (χ1v) is 8.07. The Labute approximate surface area is 142 Å². The highest BCUT2D eigenvalue weighted by Crippen LogP contribution is 2.12. The summed E-state index contributed by atoms with van der Waals surface area (Å²) in [5.41, 5.74) is 1.90. The number of morpholine rings is 1. The zero-order valence-corrected chi connectivity index (χ0v) is 14.2. The third-order valence-corrected chi connectivity index (χ3v) is 4.16. The first-order valence-electron chi connectivity index (χ1n) is 8.07. The van der Waals surface area contributed by atoms with Crippen LogP contribution in [0.5, 0.6) is 0 Å². The summed E-state index contributed by atoms with van der Waals surface area (Å²) >= 11 is 0. The minimum absolute atomic E-state index is 0.0307. The van der Waals surface area contributed by atoms with Crippen LogP contribution in [0.4, 0.5) is 5.69 Å². The average molecular weight is 335 g/mol. The van der Waals surface area contributed by atoms with Crippen LogP contribution >= 0.6 is 0 Å². The molecule has 2 rings (SSSR count). The summed E-state index contributed by atoms with van der Waals surface area (Å²) in [5, 5.41) is 11.7. The number of hydrogen-bond donors (Lipinski definition) is 2. The third kappa shape index (κ3) is 5.59. The molecular formula is C17H25N3O4. The molecule has 1 amide bonds. The van der Waals surface area contributed by atoms with Crippen LogP contribution in [0, 0.1) is 0 Å². The average Bonchev–Trinajstić information content (AvgIpc) is 2.56. The van der Waals surface area contributed by atoms with Gasteiger partial charge in [-0.25, -0.2) is 0 Å². The zero-order chi connectivity index (χ0) is 17.5. The van der Waals surface area contributed by atoms with Crippen molar-refractivity contribution in [3.63, 3.8) is 0 Å². The van der Waals surface area contributed by atoms with E-state index in [0.717, 1.165) is 32.8 Å². The topological polar surface area (TPSA) is 82.1 Å². The second kappa shape index (κ2) is 8.77. The number of carbonyl (C=O) groups is 2. The smallest absolute Gasteiger partial charge is 0.320 e. The first kappa shape index (κ1) is 18.4. The Balaban J connectivity index is 1.82. The van der Waals surface area contributed by atoms with E-state index in [0.29, 0.717) is 5.69 Å². The van der Waals surface area contributed by atoms with Crippen molar-refractivity contribution in [3.8, 4) is 0 Å². The third-order valence-electron chi connectivity index (χ3n) is 4.16. The maximum atomic E-state index is 12.0. The summed E-state index contributed by atoms with van der Waals surface area (Å²) in [6.07, 6.45) is 0. The zero-order valence-electron chi connectivity index (χ0n) is 14.2. The molecule has 0 aromatic heterocycles. The molecule has 1 aliphatic heterocycles. The first-order chi connectivity index (χ1) is 11.5. The lowest BCUT2D eigenvalue weighted by atomic mass is 10.2. The number of nitrogens with one attached hydrogen (secondary N) is 1. The highest BCUT2D eigenvalue weighted by atomic mass is 16.5. The van der Waals surface area contributed by atoms with Gasteiger partial charge >= 0.3 is 5.97 Å². The molecule has 1 aliphatic rings. The van der Waals surface area contributed by atoms with E-state index in [1.807, 2.05) is 24.3 Å². The number of rotatable bonds is 7. The molecular weight excluding hydrogens is 310 g/mol. The molecule has 1 aromatic rings. The monoisotopic (exact) mass is 335 g/mol. The standard InChI is InChI=1S/C17H25N3O4/c1-13(17(22)23)19(2)12-16(21)18-15-5-3-14(4-6-15)11-20-7-9-24-10-8-20/h3-6,13H,7-12H2,1-2H3,(H,18,21)(H,22,23). The van der Waals surface area contributed by atoms with Crippen molar-refractivity contribution in [2.24, 2.45) is 0 Å². The van der Waals surface area contributed by atoms with E-state index >= 15 is 0 Å². The lowest BCUT2D eigenvalue weighted by Gasteiger charge is -2.26. The van der Waals surface area contributed by atoms with Crippen LogP contribution in [-0.4, -0.2) is 72.7 Å². The van der Waals surface area contributed by atoms with Gasteiger partial charge < -0.3 is 15.2 Å². The molecule has 0 radical (unpaired) electrons. The van der Waals surface area contributed by atoms with E-state index in [1.165, 1.54) is 10.5 Å². The van der Waals surface area contributed by atoms with Crippen LogP contribution in [0.15, 0.2) is 24.3 Å². The van der Waals surface area contributed by atoms with E-state index in [9.17, 15) is 9.59 Å². The number of likely N-dealkylation sites (N-methyl/N-ethyl adjacent to an activating group) is 1. The highest BCUT2D eigenvalue weighted by Gasteiger charge is 2.19. The molecule has 7 heteroatoms. The van der Waals surface area contributed by atoms with Crippen molar-refractivity contribution in [2.75, 3.05) is 45.2 Å².